The molecule has 0 aliphatic heterocycles. The number of aromatic nitrogens is 1. The first-order chi connectivity index (χ1) is 8.72. The highest BCUT2D eigenvalue weighted by molar-refractivity contribution is 5.55. The van der Waals surface area contributed by atoms with Gasteiger partial charge >= 0.3 is 0 Å². The highest BCUT2D eigenvalue weighted by Gasteiger charge is 2.13. The number of rotatable bonds is 2. The van der Waals surface area contributed by atoms with Crippen LogP contribution in [0, 0.1) is 6.92 Å². The van der Waals surface area contributed by atoms with Crippen LogP contribution in [0.4, 0.5) is 5.69 Å². The number of pyridine rings is 1. The van der Waals surface area contributed by atoms with Gasteiger partial charge in [-0.25, -0.2) is 4.98 Å². The standard InChI is InChI=1S/C15H16N2O/c1-10-5-7-14(12(16)9-10)18-15-8-6-11-3-2-4-13(11)17-15/h5-9H,2-4,16H2,1H3. The van der Waals surface area contributed by atoms with E-state index in [4.69, 9.17) is 10.5 Å². The lowest BCUT2D eigenvalue weighted by Crippen LogP contribution is -1.96. The topological polar surface area (TPSA) is 48.1 Å². The van der Waals surface area contributed by atoms with Gasteiger partial charge in [0.05, 0.1) is 5.69 Å². The van der Waals surface area contributed by atoms with Crippen LogP contribution in [-0.2, 0) is 12.8 Å². The highest BCUT2D eigenvalue weighted by atomic mass is 16.5. The molecule has 1 aromatic carbocycles. The van der Waals surface area contributed by atoms with Crippen LogP contribution >= 0.6 is 0 Å². The zero-order valence-corrected chi connectivity index (χ0v) is 10.4. The molecule has 0 amide bonds. The fourth-order valence-corrected chi connectivity index (χ4v) is 2.33. The van der Waals surface area contributed by atoms with E-state index in [-0.39, 0.29) is 0 Å². The molecular weight excluding hydrogens is 224 g/mol. The molecular formula is C15H16N2O. The van der Waals surface area contributed by atoms with E-state index in [9.17, 15) is 0 Å². The quantitative estimate of drug-likeness (QED) is 0.820. The number of hydrogen-bond acceptors (Lipinski definition) is 3. The van der Waals surface area contributed by atoms with Crippen LogP contribution in [0.3, 0.4) is 0 Å². The van der Waals surface area contributed by atoms with Gasteiger partial charge in [0.1, 0.15) is 0 Å². The first-order valence-electron chi connectivity index (χ1n) is 6.25. The van der Waals surface area contributed by atoms with Gasteiger partial charge in [0, 0.05) is 11.8 Å². The number of benzene rings is 1. The molecule has 0 unspecified atom stereocenters. The third-order valence-electron chi connectivity index (χ3n) is 3.28. The largest absolute Gasteiger partial charge is 0.437 e. The van der Waals surface area contributed by atoms with E-state index >= 15 is 0 Å². The molecule has 1 aromatic heterocycles. The lowest BCUT2D eigenvalue weighted by atomic mass is 10.2. The minimum atomic E-state index is 0.631. The van der Waals surface area contributed by atoms with Gasteiger partial charge in [-0.3, -0.25) is 0 Å². The molecule has 2 N–H and O–H groups in total. The number of nitrogens with zero attached hydrogens (tertiary/aromatic N) is 1. The molecule has 18 heavy (non-hydrogen) atoms. The first kappa shape index (κ1) is 11.1. The van der Waals surface area contributed by atoms with Gasteiger partial charge in [0.25, 0.3) is 0 Å². The maximum absolute atomic E-state index is 5.93. The van der Waals surface area contributed by atoms with Gasteiger partial charge in [0.2, 0.25) is 5.88 Å². The Bertz CT molecular complexity index is 593. The molecule has 2 aromatic rings. The fraction of sp³-hybridized carbons (Fsp3) is 0.267. The van der Waals surface area contributed by atoms with Crippen LogP contribution in [0.1, 0.15) is 23.2 Å². The van der Waals surface area contributed by atoms with E-state index in [1.807, 2.05) is 31.2 Å². The summed E-state index contributed by atoms with van der Waals surface area (Å²) in [5, 5.41) is 0. The van der Waals surface area contributed by atoms with Crippen LogP contribution < -0.4 is 10.5 Å². The average molecular weight is 240 g/mol. The Morgan fingerprint density at radius 2 is 2.06 bits per heavy atom. The number of nitrogens with two attached hydrogens (primary N) is 1. The van der Waals surface area contributed by atoms with Crippen molar-refractivity contribution in [2.24, 2.45) is 0 Å². The van der Waals surface area contributed by atoms with E-state index < -0.39 is 0 Å². The van der Waals surface area contributed by atoms with Crippen molar-refractivity contribution in [3.05, 3.63) is 47.2 Å². The minimum Gasteiger partial charge on any atom is -0.437 e. The number of ether oxygens (including phenoxy) is 1. The van der Waals surface area contributed by atoms with Crippen LogP contribution in [0.5, 0.6) is 11.6 Å². The third-order valence-corrected chi connectivity index (χ3v) is 3.28. The van der Waals surface area contributed by atoms with E-state index in [0.29, 0.717) is 17.3 Å². The van der Waals surface area contributed by atoms with E-state index in [0.717, 1.165) is 24.1 Å². The Balaban J connectivity index is 1.88. The van der Waals surface area contributed by atoms with Crippen molar-refractivity contribution in [1.82, 2.24) is 4.98 Å². The van der Waals surface area contributed by atoms with Gasteiger partial charge in [-0.15, -0.1) is 0 Å². The second kappa shape index (κ2) is 4.33. The Labute approximate surface area is 107 Å². The predicted octanol–water partition coefficient (Wildman–Crippen LogP) is 3.25. The van der Waals surface area contributed by atoms with Crippen molar-refractivity contribution in [2.45, 2.75) is 26.2 Å². The van der Waals surface area contributed by atoms with Gasteiger partial charge < -0.3 is 10.5 Å². The second-order valence-electron chi connectivity index (χ2n) is 4.75. The van der Waals surface area contributed by atoms with Gasteiger partial charge in [0.15, 0.2) is 5.75 Å². The third kappa shape index (κ3) is 2.04. The maximum atomic E-state index is 5.93. The van der Waals surface area contributed by atoms with Crippen LogP contribution in [0.25, 0.3) is 0 Å². The Morgan fingerprint density at radius 1 is 1.17 bits per heavy atom. The number of fused-ring (bicyclic) bond motifs is 1. The van der Waals surface area contributed by atoms with Crippen molar-refractivity contribution in [3.63, 3.8) is 0 Å². The summed E-state index contributed by atoms with van der Waals surface area (Å²) in [6, 6.07) is 9.81. The molecule has 0 saturated heterocycles. The Morgan fingerprint density at radius 3 is 2.89 bits per heavy atom. The van der Waals surface area contributed by atoms with Crippen molar-refractivity contribution in [3.8, 4) is 11.6 Å². The van der Waals surface area contributed by atoms with Crippen molar-refractivity contribution in [2.75, 3.05) is 5.73 Å². The van der Waals surface area contributed by atoms with E-state index in [1.54, 1.807) is 0 Å². The Hall–Kier alpha value is -2.03. The molecule has 3 rings (SSSR count). The van der Waals surface area contributed by atoms with Crippen LogP contribution in [0.2, 0.25) is 0 Å². The summed E-state index contributed by atoms with van der Waals surface area (Å²) in [4.78, 5) is 4.53. The lowest BCUT2D eigenvalue weighted by molar-refractivity contribution is 0.463. The van der Waals surface area contributed by atoms with Crippen molar-refractivity contribution >= 4 is 5.69 Å². The monoisotopic (exact) mass is 240 g/mol. The summed E-state index contributed by atoms with van der Waals surface area (Å²) in [6.07, 6.45) is 3.38. The molecule has 1 heterocycles. The summed E-state index contributed by atoms with van der Waals surface area (Å²) in [5.41, 5.74) is 10.2. The van der Waals surface area contributed by atoms with Crippen LogP contribution in [-0.4, -0.2) is 4.98 Å². The summed E-state index contributed by atoms with van der Waals surface area (Å²) in [7, 11) is 0. The average Bonchev–Trinajstić information content (AvgIpc) is 2.80. The molecule has 0 radical (unpaired) electrons. The minimum absolute atomic E-state index is 0.631. The Kier molecular flexibility index (Phi) is 2.67. The lowest BCUT2D eigenvalue weighted by Gasteiger charge is -2.09. The predicted molar refractivity (Wildman–Crippen MR) is 71.9 cm³/mol. The highest BCUT2D eigenvalue weighted by Crippen LogP contribution is 2.29. The molecule has 1 aliphatic rings. The van der Waals surface area contributed by atoms with Crippen molar-refractivity contribution < 1.29 is 4.74 Å². The summed E-state index contributed by atoms with van der Waals surface area (Å²) in [5.74, 6) is 1.30. The molecule has 0 saturated carbocycles. The van der Waals surface area contributed by atoms with Crippen molar-refractivity contribution in [1.29, 1.82) is 0 Å². The smallest absolute Gasteiger partial charge is 0.219 e. The molecule has 3 heteroatoms. The molecule has 0 fully saturated rings. The van der Waals surface area contributed by atoms with E-state index in [1.165, 1.54) is 12.0 Å². The number of aryl methyl sites for hydroxylation is 3. The zero-order valence-electron chi connectivity index (χ0n) is 10.4. The molecule has 0 atom stereocenters. The van der Waals surface area contributed by atoms with Gasteiger partial charge in [-0.05, 0) is 49.4 Å². The molecule has 3 nitrogen and oxygen atoms in total. The van der Waals surface area contributed by atoms with Gasteiger partial charge in [-0.2, -0.15) is 0 Å². The first-order valence-corrected chi connectivity index (χ1v) is 6.25. The maximum Gasteiger partial charge on any atom is 0.219 e. The number of hydrogen-bond donors (Lipinski definition) is 1. The molecule has 1 aliphatic carbocycles. The van der Waals surface area contributed by atoms with Crippen LogP contribution in [0.15, 0.2) is 30.3 Å². The molecule has 0 spiro atoms. The summed E-state index contributed by atoms with van der Waals surface area (Å²) < 4.78 is 5.75. The normalized spacial score (nSPS) is 13.4. The zero-order chi connectivity index (χ0) is 12.5. The van der Waals surface area contributed by atoms with E-state index in [2.05, 4.69) is 11.1 Å². The molecule has 0 bridgehead atoms. The molecule has 92 valence electrons. The van der Waals surface area contributed by atoms with Gasteiger partial charge in [-0.1, -0.05) is 12.1 Å². The number of anilines is 1. The summed E-state index contributed by atoms with van der Waals surface area (Å²) >= 11 is 0. The summed E-state index contributed by atoms with van der Waals surface area (Å²) in [6.45, 7) is 2.01. The number of nitrogen functional groups attached to an aromatic ring is 1. The SMILES string of the molecule is Cc1ccc(Oc2ccc3c(n2)CCC3)c(N)c1. The fourth-order valence-electron chi connectivity index (χ4n) is 2.33. The second-order valence-corrected chi connectivity index (χ2v) is 4.75.